The van der Waals surface area contributed by atoms with Gasteiger partial charge >= 0.3 is 17.4 Å². The summed E-state index contributed by atoms with van der Waals surface area (Å²) in [4.78, 5) is 0. The Morgan fingerprint density at radius 3 is 1.10 bits per heavy atom. The summed E-state index contributed by atoms with van der Waals surface area (Å²) < 4.78 is 0. The van der Waals surface area contributed by atoms with Gasteiger partial charge in [-0.3, -0.25) is 0 Å². The van der Waals surface area contributed by atoms with Gasteiger partial charge in [0.15, 0.2) is 0 Å². The molecule has 0 aliphatic carbocycles. The van der Waals surface area contributed by atoms with E-state index in [0.717, 1.165) is 13.1 Å². The smallest absolute Gasteiger partial charge is 0.317 e. The van der Waals surface area contributed by atoms with Crippen molar-refractivity contribution < 1.29 is 0 Å². The third-order valence-corrected chi connectivity index (χ3v) is 1.000. The number of unbranched alkanes of at least 4 members (excludes halogenated alkanes) is 1. The van der Waals surface area contributed by atoms with Gasteiger partial charge < -0.3 is 5.32 Å². The first-order valence-corrected chi connectivity index (χ1v) is 4.04. The van der Waals surface area contributed by atoms with Crippen LogP contribution in [0.1, 0.15) is 40.5 Å². The van der Waals surface area contributed by atoms with Crippen LogP contribution in [0.3, 0.4) is 0 Å². The maximum Gasteiger partial charge on any atom is 3.00 e. The predicted molar refractivity (Wildman–Crippen MR) is 50.6 cm³/mol. The monoisotopic (exact) mass is 158 g/mol. The molecule has 0 spiro atoms. The molecule has 0 amide bonds. The predicted octanol–water partition coefficient (Wildman–Crippen LogP) is 2.04. The first-order chi connectivity index (χ1) is 4.33. The molecule has 0 heterocycles. The van der Waals surface area contributed by atoms with E-state index in [1.165, 1.54) is 12.8 Å². The Kier molecular flexibility index (Phi) is 38.2. The minimum atomic E-state index is 0. The van der Waals surface area contributed by atoms with Crippen LogP contribution in [0.5, 0.6) is 0 Å². The van der Waals surface area contributed by atoms with Gasteiger partial charge in [-0.25, -0.2) is 0 Å². The molecule has 2 heteroatoms. The van der Waals surface area contributed by atoms with E-state index >= 15 is 0 Å². The number of hydrogen-bond acceptors (Lipinski definition) is 1. The van der Waals surface area contributed by atoms with Crippen LogP contribution in [0.2, 0.25) is 0 Å². The Morgan fingerprint density at radius 1 is 0.800 bits per heavy atom. The van der Waals surface area contributed by atoms with Gasteiger partial charge in [0.05, 0.1) is 0 Å². The maximum atomic E-state index is 3.11. The van der Waals surface area contributed by atoms with Crippen molar-refractivity contribution in [3.05, 3.63) is 0 Å². The van der Waals surface area contributed by atoms with Crippen molar-refractivity contribution >= 4 is 17.4 Å². The first kappa shape index (κ1) is 16.8. The number of rotatable bonds is 3. The molecule has 0 rings (SSSR count). The Morgan fingerprint density at radius 2 is 1.10 bits per heavy atom. The molecule has 58 valence electrons. The zero-order valence-corrected chi connectivity index (χ0v) is 9.06. The topological polar surface area (TPSA) is 12.0 Å². The summed E-state index contributed by atoms with van der Waals surface area (Å²) in [6.45, 7) is 10.8. The third-order valence-electron chi connectivity index (χ3n) is 1.000. The van der Waals surface area contributed by atoms with E-state index in [2.05, 4.69) is 33.0 Å². The minimum Gasteiger partial charge on any atom is -0.317 e. The largest absolute Gasteiger partial charge is 3.00 e. The fourth-order valence-electron chi connectivity index (χ4n) is 0.250. The fraction of sp³-hybridized carbons (Fsp3) is 1.00. The van der Waals surface area contributed by atoms with E-state index in [1.54, 1.807) is 0 Å². The molecule has 0 aromatic carbocycles. The fourth-order valence-corrected chi connectivity index (χ4v) is 0.250. The molecular formula is C8H21AlN+3. The van der Waals surface area contributed by atoms with Gasteiger partial charge in [-0.05, 0) is 13.1 Å². The van der Waals surface area contributed by atoms with E-state index in [1.807, 2.05) is 0 Å². The minimum absolute atomic E-state index is 0. The molecule has 0 saturated heterocycles. The van der Waals surface area contributed by atoms with Crippen LogP contribution in [-0.2, 0) is 0 Å². The van der Waals surface area contributed by atoms with Crippen LogP contribution in [0.4, 0.5) is 0 Å². The molecule has 0 bridgehead atoms. The molecule has 0 unspecified atom stereocenters. The van der Waals surface area contributed by atoms with Crippen molar-refractivity contribution in [1.82, 2.24) is 5.32 Å². The summed E-state index contributed by atoms with van der Waals surface area (Å²) in [6, 6.07) is 0. The molecule has 1 N–H and O–H groups in total. The second-order valence-electron chi connectivity index (χ2n) is 1.96. The zero-order chi connectivity index (χ0) is 7.54. The molecule has 0 radical (unpaired) electrons. The Balaban J connectivity index is -0.0000000910. The summed E-state index contributed by atoms with van der Waals surface area (Å²) in [7, 11) is 0. The number of hydrogen-bond donors (Lipinski definition) is 1. The van der Waals surface area contributed by atoms with Crippen LogP contribution in [0.15, 0.2) is 0 Å². The van der Waals surface area contributed by atoms with Gasteiger partial charge in [0.2, 0.25) is 0 Å². The summed E-state index contributed by atoms with van der Waals surface area (Å²) in [5.74, 6) is 0. The summed E-state index contributed by atoms with van der Waals surface area (Å²) >= 11 is 0. The van der Waals surface area contributed by atoms with E-state index in [-0.39, 0.29) is 17.4 Å². The zero-order valence-electron chi connectivity index (χ0n) is 7.91. The molecule has 0 fully saturated rings. The average Bonchev–Trinajstić information content (AvgIpc) is 1.91. The van der Waals surface area contributed by atoms with Gasteiger partial charge in [0, 0.05) is 0 Å². The Bertz CT molecular complexity index is 28.4. The molecule has 10 heavy (non-hydrogen) atoms. The van der Waals surface area contributed by atoms with Gasteiger partial charge in [0.25, 0.3) is 0 Å². The van der Waals surface area contributed by atoms with Gasteiger partial charge in [-0.2, -0.15) is 0 Å². The summed E-state index contributed by atoms with van der Waals surface area (Å²) in [6.07, 6.45) is 2.64. The maximum absolute atomic E-state index is 3.11. The van der Waals surface area contributed by atoms with Gasteiger partial charge in [-0.1, -0.05) is 40.5 Å². The number of nitrogens with one attached hydrogen (secondary N) is 1. The standard InChI is InChI=1S/C4H11N.C4H10.Al/c1-3-5-4-2;1-3-4-2;/h5H,3-4H2,1-2H3;3-4H2,1-2H3;/q;;+3. The normalized spacial score (nSPS) is 7.20. The van der Waals surface area contributed by atoms with Crippen LogP contribution in [-0.4, -0.2) is 30.5 Å². The molecule has 0 aromatic heterocycles. The third kappa shape index (κ3) is 39.1. The van der Waals surface area contributed by atoms with Gasteiger partial charge in [0.1, 0.15) is 0 Å². The quantitative estimate of drug-likeness (QED) is 0.620. The molecule has 0 aliphatic heterocycles. The van der Waals surface area contributed by atoms with Crippen molar-refractivity contribution in [2.24, 2.45) is 0 Å². The van der Waals surface area contributed by atoms with E-state index in [9.17, 15) is 0 Å². The molecular weight excluding hydrogens is 137 g/mol. The molecule has 0 saturated carbocycles. The Labute approximate surface area is 76.7 Å². The van der Waals surface area contributed by atoms with Crippen LogP contribution < -0.4 is 5.32 Å². The summed E-state index contributed by atoms with van der Waals surface area (Å²) in [5, 5.41) is 3.11. The first-order valence-electron chi connectivity index (χ1n) is 4.04. The van der Waals surface area contributed by atoms with Crippen molar-refractivity contribution in [3.8, 4) is 0 Å². The SMILES string of the molecule is CCCC.CCNCC.[Al+3]. The average molecular weight is 158 g/mol. The summed E-state index contributed by atoms with van der Waals surface area (Å²) in [5.41, 5.74) is 0. The van der Waals surface area contributed by atoms with Crippen LogP contribution >= 0.6 is 0 Å². The van der Waals surface area contributed by atoms with Crippen LogP contribution in [0, 0.1) is 0 Å². The van der Waals surface area contributed by atoms with E-state index in [0.29, 0.717) is 0 Å². The van der Waals surface area contributed by atoms with Gasteiger partial charge in [-0.15, -0.1) is 0 Å². The van der Waals surface area contributed by atoms with Crippen LogP contribution in [0.25, 0.3) is 0 Å². The van der Waals surface area contributed by atoms with E-state index in [4.69, 9.17) is 0 Å². The van der Waals surface area contributed by atoms with Crippen molar-refractivity contribution in [3.63, 3.8) is 0 Å². The van der Waals surface area contributed by atoms with Crippen molar-refractivity contribution in [2.45, 2.75) is 40.5 Å². The van der Waals surface area contributed by atoms with Crippen molar-refractivity contribution in [1.29, 1.82) is 0 Å². The second-order valence-corrected chi connectivity index (χ2v) is 1.96. The molecule has 0 atom stereocenters. The Hall–Kier alpha value is 0.492. The molecule has 0 aliphatic rings. The molecule has 1 nitrogen and oxygen atoms in total. The second kappa shape index (κ2) is 22.7. The van der Waals surface area contributed by atoms with E-state index < -0.39 is 0 Å². The molecule has 0 aromatic rings. The van der Waals surface area contributed by atoms with Crippen molar-refractivity contribution in [2.75, 3.05) is 13.1 Å².